The largest absolute Gasteiger partial charge is 0.316 e. The van der Waals surface area contributed by atoms with E-state index in [0.29, 0.717) is 0 Å². The van der Waals surface area contributed by atoms with Gasteiger partial charge in [0, 0.05) is 6.04 Å². The van der Waals surface area contributed by atoms with Crippen molar-refractivity contribution in [3.63, 3.8) is 0 Å². The van der Waals surface area contributed by atoms with Crippen LogP contribution in [0.4, 0.5) is 0 Å². The number of unbranched alkanes of at least 4 members (excludes halogenated alkanes) is 1. The zero-order valence-corrected chi connectivity index (χ0v) is 12.3. The summed E-state index contributed by atoms with van der Waals surface area (Å²) in [6.45, 7) is 4.69. The molecule has 1 nitrogen and oxygen atoms in total. The van der Waals surface area contributed by atoms with Crippen LogP contribution < -0.4 is 5.32 Å². The Kier molecular flexibility index (Phi) is 7.92. The Hall–Kier alpha value is -0.0400. The van der Waals surface area contributed by atoms with Gasteiger partial charge in [0.1, 0.15) is 0 Å². The van der Waals surface area contributed by atoms with Crippen LogP contribution in [0.25, 0.3) is 0 Å². The lowest BCUT2D eigenvalue weighted by Gasteiger charge is -2.33. The van der Waals surface area contributed by atoms with Gasteiger partial charge in [0.15, 0.2) is 0 Å². The van der Waals surface area contributed by atoms with Gasteiger partial charge < -0.3 is 5.32 Å². The third-order valence-corrected chi connectivity index (χ3v) is 4.70. The standard InChI is InChI=1S/C16H33N/c1-4-6-11-14(5-2)16(17-3)15-12-9-7-8-10-13-15/h14-17H,4-13H2,1-3H3. The van der Waals surface area contributed by atoms with E-state index in [-0.39, 0.29) is 0 Å². The summed E-state index contributed by atoms with van der Waals surface area (Å²) in [7, 11) is 2.18. The monoisotopic (exact) mass is 239 g/mol. The molecule has 0 aromatic heterocycles. The summed E-state index contributed by atoms with van der Waals surface area (Å²) in [6.07, 6.45) is 14.3. The predicted molar refractivity (Wildman–Crippen MR) is 77.3 cm³/mol. The fourth-order valence-corrected chi connectivity index (χ4v) is 3.63. The molecule has 17 heavy (non-hydrogen) atoms. The Balaban J connectivity index is 2.52. The van der Waals surface area contributed by atoms with Crippen LogP contribution in [-0.2, 0) is 0 Å². The lowest BCUT2D eigenvalue weighted by molar-refractivity contribution is 0.228. The highest BCUT2D eigenvalue weighted by Crippen LogP contribution is 2.31. The van der Waals surface area contributed by atoms with E-state index >= 15 is 0 Å². The molecular formula is C16H33N. The number of rotatable bonds is 7. The molecule has 0 spiro atoms. The van der Waals surface area contributed by atoms with Gasteiger partial charge >= 0.3 is 0 Å². The average molecular weight is 239 g/mol. The second-order valence-electron chi connectivity index (χ2n) is 5.88. The Bertz CT molecular complexity index is 170. The molecule has 1 aliphatic rings. The fraction of sp³-hybridized carbons (Fsp3) is 1.00. The minimum Gasteiger partial charge on any atom is -0.316 e. The van der Waals surface area contributed by atoms with E-state index in [2.05, 4.69) is 26.2 Å². The van der Waals surface area contributed by atoms with Crippen LogP contribution in [0.1, 0.15) is 78.1 Å². The minimum atomic E-state index is 0.782. The molecule has 1 rings (SSSR count). The lowest BCUT2D eigenvalue weighted by Crippen LogP contribution is -2.40. The molecule has 0 radical (unpaired) electrons. The molecule has 0 bridgehead atoms. The minimum absolute atomic E-state index is 0.782. The van der Waals surface area contributed by atoms with Crippen LogP contribution in [0.3, 0.4) is 0 Å². The highest BCUT2D eigenvalue weighted by atomic mass is 14.9. The van der Waals surface area contributed by atoms with Crippen molar-refractivity contribution in [2.24, 2.45) is 11.8 Å². The van der Waals surface area contributed by atoms with Crippen molar-refractivity contribution < 1.29 is 0 Å². The van der Waals surface area contributed by atoms with Gasteiger partial charge in [0.05, 0.1) is 0 Å². The summed E-state index contributed by atoms with van der Waals surface area (Å²) in [5.41, 5.74) is 0. The molecule has 2 unspecified atom stereocenters. The van der Waals surface area contributed by atoms with E-state index in [4.69, 9.17) is 0 Å². The molecule has 1 heteroatoms. The van der Waals surface area contributed by atoms with E-state index in [1.54, 1.807) is 0 Å². The van der Waals surface area contributed by atoms with Crippen molar-refractivity contribution >= 4 is 0 Å². The summed E-state index contributed by atoms with van der Waals surface area (Å²) in [6, 6.07) is 0.782. The summed E-state index contributed by atoms with van der Waals surface area (Å²) in [5.74, 6) is 1.85. The predicted octanol–water partition coefficient (Wildman–Crippen LogP) is 4.76. The van der Waals surface area contributed by atoms with Gasteiger partial charge in [-0.1, -0.05) is 58.8 Å². The van der Waals surface area contributed by atoms with Crippen LogP contribution >= 0.6 is 0 Å². The van der Waals surface area contributed by atoms with Gasteiger partial charge in [-0.2, -0.15) is 0 Å². The molecule has 1 aliphatic carbocycles. The molecule has 2 atom stereocenters. The lowest BCUT2D eigenvalue weighted by atomic mass is 9.80. The summed E-state index contributed by atoms with van der Waals surface area (Å²) in [4.78, 5) is 0. The first-order valence-electron chi connectivity index (χ1n) is 8.00. The molecule has 0 saturated heterocycles. The van der Waals surface area contributed by atoms with E-state index in [1.165, 1.54) is 64.2 Å². The number of hydrogen-bond acceptors (Lipinski definition) is 1. The molecule has 1 fully saturated rings. The van der Waals surface area contributed by atoms with E-state index in [0.717, 1.165) is 17.9 Å². The molecule has 0 aromatic carbocycles. The maximum Gasteiger partial charge on any atom is 0.0120 e. The quantitative estimate of drug-likeness (QED) is 0.632. The van der Waals surface area contributed by atoms with Crippen LogP contribution in [0.2, 0.25) is 0 Å². The molecule has 0 heterocycles. The van der Waals surface area contributed by atoms with Crippen molar-refractivity contribution in [1.82, 2.24) is 5.32 Å². The first-order chi connectivity index (χ1) is 8.33. The maximum absolute atomic E-state index is 3.66. The maximum atomic E-state index is 3.66. The van der Waals surface area contributed by atoms with Crippen LogP contribution in [0.15, 0.2) is 0 Å². The van der Waals surface area contributed by atoms with Crippen LogP contribution in [-0.4, -0.2) is 13.1 Å². The van der Waals surface area contributed by atoms with E-state index < -0.39 is 0 Å². The van der Waals surface area contributed by atoms with Crippen molar-refractivity contribution in [3.05, 3.63) is 0 Å². The second-order valence-corrected chi connectivity index (χ2v) is 5.88. The van der Waals surface area contributed by atoms with Gasteiger partial charge in [-0.3, -0.25) is 0 Å². The molecule has 0 aromatic rings. The van der Waals surface area contributed by atoms with Gasteiger partial charge in [-0.25, -0.2) is 0 Å². The SMILES string of the molecule is CCCCC(CC)C(NC)C1CCCCCC1. The van der Waals surface area contributed by atoms with Crippen LogP contribution in [0, 0.1) is 11.8 Å². The van der Waals surface area contributed by atoms with Gasteiger partial charge in [-0.05, 0) is 38.1 Å². The Morgan fingerprint density at radius 1 is 1.06 bits per heavy atom. The summed E-state index contributed by atoms with van der Waals surface area (Å²) < 4.78 is 0. The Labute approximate surface area is 109 Å². The van der Waals surface area contributed by atoms with Gasteiger partial charge in [0.2, 0.25) is 0 Å². The highest BCUT2D eigenvalue weighted by molar-refractivity contribution is 4.83. The van der Waals surface area contributed by atoms with Crippen molar-refractivity contribution in [2.45, 2.75) is 84.1 Å². The Morgan fingerprint density at radius 3 is 2.18 bits per heavy atom. The van der Waals surface area contributed by atoms with Crippen molar-refractivity contribution in [1.29, 1.82) is 0 Å². The zero-order chi connectivity index (χ0) is 12.5. The molecule has 0 amide bonds. The summed E-state index contributed by atoms with van der Waals surface area (Å²) >= 11 is 0. The molecular weight excluding hydrogens is 206 g/mol. The third kappa shape index (κ3) is 4.99. The van der Waals surface area contributed by atoms with E-state index in [1.807, 2.05) is 0 Å². The molecule has 1 saturated carbocycles. The van der Waals surface area contributed by atoms with Crippen molar-refractivity contribution in [2.75, 3.05) is 7.05 Å². The molecule has 0 aliphatic heterocycles. The summed E-state index contributed by atoms with van der Waals surface area (Å²) in [5, 5.41) is 3.66. The van der Waals surface area contributed by atoms with E-state index in [9.17, 15) is 0 Å². The topological polar surface area (TPSA) is 12.0 Å². The number of hydrogen-bond donors (Lipinski definition) is 1. The first kappa shape index (κ1) is 15.0. The van der Waals surface area contributed by atoms with Crippen LogP contribution in [0.5, 0.6) is 0 Å². The third-order valence-electron chi connectivity index (χ3n) is 4.70. The zero-order valence-electron chi connectivity index (χ0n) is 12.3. The average Bonchev–Trinajstić information content (AvgIpc) is 2.63. The molecule has 1 N–H and O–H groups in total. The van der Waals surface area contributed by atoms with Crippen molar-refractivity contribution in [3.8, 4) is 0 Å². The second kappa shape index (κ2) is 8.97. The Morgan fingerprint density at radius 2 is 1.71 bits per heavy atom. The highest BCUT2D eigenvalue weighted by Gasteiger charge is 2.27. The van der Waals surface area contributed by atoms with Gasteiger partial charge in [-0.15, -0.1) is 0 Å². The number of nitrogens with one attached hydrogen (secondary N) is 1. The first-order valence-corrected chi connectivity index (χ1v) is 8.00. The van der Waals surface area contributed by atoms with Gasteiger partial charge in [0.25, 0.3) is 0 Å². The molecule has 102 valence electrons. The normalized spacial score (nSPS) is 22.1. The smallest absolute Gasteiger partial charge is 0.0120 e. The fourth-order valence-electron chi connectivity index (χ4n) is 3.63.